The van der Waals surface area contributed by atoms with E-state index in [4.69, 9.17) is 4.74 Å². The lowest BCUT2D eigenvalue weighted by molar-refractivity contribution is -0.385. The number of non-ortho nitro benzene ring substituents is 1. The van der Waals surface area contributed by atoms with Gasteiger partial charge < -0.3 is 4.74 Å². The normalized spacial score (nSPS) is 11.5. The first-order valence-corrected chi connectivity index (χ1v) is 8.13. The maximum atomic E-state index is 12.5. The van der Waals surface area contributed by atoms with Gasteiger partial charge in [-0.05, 0) is 12.0 Å². The fraction of sp³-hybridized carbons (Fsp3) is 0.308. The van der Waals surface area contributed by atoms with E-state index in [2.05, 4.69) is 14.9 Å². The number of aromatic nitrogens is 2. The van der Waals surface area contributed by atoms with Crippen LogP contribution in [0, 0.1) is 10.1 Å². The highest BCUT2D eigenvalue weighted by Gasteiger charge is 2.24. The largest absolute Gasteiger partial charge is 0.495 e. The number of sulfonamides is 1. The number of nitrogens with one attached hydrogen (secondary N) is 2. The number of benzene rings is 1. The zero-order valence-electron chi connectivity index (χ0n) is 12.7. The minimum Gasteiger partial charge on any atom is -0.495 e. The van der Waals surface area contributed by atoms with Gasteiger partial charge in [0.1, 0.15) is 10.6 Å². The molecule has 1 aromatic carbocycles. The molecule has 1 aromatic heterocycles. The molecule has 0 radical (unpaired) electrons. The lowest BCUT2D eigenvalue weighted by Gasteiger charge is -2.09. The number of nitro benzene ring substituents is 1. The summed E-state index contributed by atoms with van der Waals surface area (Å²) in [5.74, 6) is 0.248. The van der Waals surface area contributed by atoms with E-state index >= 15 is 0 Å². The number of hydrogen-bond donors (Lipinski definition) is 2. The Kier molecular flexibility index (Phi) is 4.55. The average molecular weight is 340 g/mol. The zero-order valence-corrected chi connectivity index (χ0v) is 13.5. The highest BCUT2D eigenvalue weighted by Crippen LogP contribution is 2.29. The van der Waals surface area contributed by atoms with Crippen LogP contribution in [0.4, 0.5) is 11.5 Å². The van der Waals surface area contributed by atoms with Crippen molar-refractivity contribution in [2.45, 2.75) is 24.7 Å². The number of aromatic amines is 1. The van der Waals surface area contributed by atoms with Crippen molar-refractivity contribution in [3.63, 3.8) is 0 Å². The van der Waals surface area contributed by atoms with Gasteiger partial charge in [0.15, 0.2) is 5.82 Å². The third-order valence-corrected chi connectivity index (χ3v) is 4.48. The maximum absolute atomic E-state index is 12.5. The summed E-state index contributed by atoms with van der Waals surface area (Å²) in [5.41, 5.74) is 0.407. The van der Waals surface area contributed by atoms with Gasteiger partial charge in [0.25, 0.3) is 15.7 Å². The summed E-state index contributed by atoms with van der Waals surface area (Å²) >= 11 is 0. The summed E-state index contributed by atoms with van der Waals surface area (Å²) in [5, 5.41) is 17.4. The smallest absolute Gasteiger partial charge is 0.271 e. The molecule has 23 heavy (non-hydrogen) atoms. The van der Waals surface area contributed by atoms with Gasteiger partial charge in [-0.25, -0.2) is 8.42 Å². The number of nitro groups is 1. The fourth-order valence-corrected chi connectivity index (χ4v) is 3.05. The second kappa shape index (κ2) is 6.24. The Balaban J connectivity index is 2.41. The molecule has 0 atom stereocenters. The fourth-order valence-electron chi connectivity index (χ4n) is 1.87. The van der Waals surface area contributed by atoms with Gasteiger partial charge >= 0.3 is 0 Å². The van der Waals surface area contributed by atoms with Crippen LogP contribution in [-0.2, 0) is 10.0 Å². The molecular formula is C13H16N4O5S. The highest BCUT2D eigenvalue weighted by molar-refractivity contribution is 7.92. The van der Waals surface area contributed by atoms with Crippen LogP contribution >= 0.6 is 0 Å². The number of methoxy groups -OCH3 is 1. The molecule has 2 aromatic rings. The molecule has 2 N–H and O–H groups in total. The summed E-state index contributed by atoms with van der Waals surface area (Å²) in [6.07, 6.45) is 0. The molecule has 124 valence electrons. The van der Waals surface area contributed by atoms with Crippen LogP contribution in [-0.4, -0.2) is 30.6 Å². The number of rotatable bonds is 6. The monoisotopic (exact) mass is 340 g/mol. The Morgan fingerprint density at radius 2 is 2.04 bits per heavy atom. The van der Waals surface area contributed by atoms with Crippen LogP contribution in [0.3, 0.4) is 0 Å². The van der Waals surface area contributed by atoms with E-state index in [0.29, 0.717) is 0 Å². The topological polar surface area (TPSA) is 127 Å². The number of ether oxygens (including phenoxy) is 1. The van der Waals surface area contributed by atoms with Gasteiger partial charge in [0.2, 0.25) is 0 Å². The van der Waals surface area contributed by atoms with Crippen LogP contribution in [0.25, 0.3) is 0 Å². The van der Waals surface area contributed by atoms with Crippen molar-refractivity contribution in [3.05, 3.63) is 40.1 Å². The van der Waals surface area contributed by atoms with E-state index in [1.54, 1.807) is 6.07 Å². The number of anilines is 1. The van der Waals surface area contributed by atoms with Gasteiger partial charge in [-0.1, -0.05) is 13.8 Å². The van der Waals surface area contributed by atoms with E-state index < -0.39 is 14.9 Å². The van der Waals surface area contributed by atoms with Gasteiger partial charge in [0.05, 0.1) is 12.0 Å². The second-order valence-corrected chi connectivity index (χ2v) is 6.71. The number of hydrogen-bond acceptors (Lipinski definition) is 6. The van der Waals surface area contributed by atoms with Crippen molar-refractivity contribution < 1.29 is 18.1 Å². The van der Waals surface area contributed by atoms with Gasteiger partial charge in [0, 0.05) is 23.9 Å². The molecule has 0 aliphatic heterocycles. The third kappa shape index (κ3) is 3.59. The molecule has 9 nitrogen and oxygen atoms in total. The first kappa shape index (κ1) is 16.7. The maximum Gasteiger partial charge on any atom is 0.271 e. The molecule has 0 spiro atoms. The molecule has 0 bridgehead atoms. The molecule has 0 amide bonds. The molecule has 0 saturated heterocycles. The molecule has 0 saturated carbocycles. The number of H-pyrrole nitrogens is 1. The van der Waals surface area contributed by atoms with Crippen molar-refractivity contribution in [1.82, 2.24) is 10.2 Å². The van der Waals surface area contributed by atoms with Gasteiger partial charge in [-0.2, -0.15) is 5.10 Å². The van der Waals surface area contributed by atoms with Crippen LogP contribution in [0.5, 0.6) is 5.75 Å². The summed E-state index contributed by atoms with van der Waals surface area (Å²) in [4.78, 5) is 9.84. The predicted molar refractivity (Wildman–Crippen MR) is 83.1 cm³/mol. The van der Waals surface area contributed by atoms with Crippen molar-refractivity contribution >= 4 is 21.5 Å². The van der Waals surface area contributed by atoms with Crippen molar-refractivity contribution in [2.75, 3.05) is 11.8 Å². The predicted octanol–water partition coefficient (Wildman–Crippen LogP) is 2.25. The van der Waals surface area contributed by atoms with E-state index in [1.807, 2.05) is 13.8 Å². The standard InChI is InChI=1S/C13H16N4O5S/c1-8(2)10-7-13(15-14-10)16-23(20,21)12-6-9(17(18)19)4-5-11(12)22-3/h4-8H,1-3H3,(H2,14,15,16). The van der Waals surface area contributed by atoms with Gasteiger partial charge in [-0.15, -0.1) is 0 Å². The van der Waals surface area contributed by atoms with Crippen LogP contribution < -0.4 is 9.46 Å². The minimum absolute atomic E-state index is 0.00252. The number of nitrogens with zero attached hydrogens (tertiary/aromatic N) is 2. The Morgan fingerprint density at radius 3 is 2.57 bits per heavy atom. The van der Waals surface area contributed by atoms with Gasteiger partial charge in [-0.3, -0.25) is 19.9 Å². The van der Waals surface area contributed by atoms with Crippen molar-refractivity contribution in [1.29, 1.82) is 0 Å². The van der Waals surface area contributed by atoms with E-state index in [1.165, 1.54) is 19.2 Å². The molecule has 0 fully saturated rings. The summed E-state index contributed by atoms with van der Waals surface area (Å²) in [6.45, 7) is 3.85. The summed E-state index contributed by atoms with van der Waals surface area (Å²) in [7, 11) is -2.80. The van der Waals surface area contributed by atoms with E-state index in [-0.39, 0.29) is 28.1 Å². The molecule has 10 heteroatoms. The van der Waals surface area contributed by atoms with Crippen LogP contribution in [0.1, 0.15) is 25.5 Å². The van der Waals surface area contributed by atoms with Crippen molar-refractivity contribution in [3.8, 4) is 5.75 Å². The Morgan fingerprint density at radius 1 is 1.35 bits per heavy atom. The lowest BCUT2D eigenvalue weighted by Crippen LogP contribution is -2.14. The first-order chi connectivity index (χ1) is 10.7. The molecule has 0 unspecified atom stereocenters. The Hall–Kier alpha value is -2.62. The quantitative estimate of drug-likeness (QED) is 0.613. The molecule has 0 aliphatic rings. The van der Waals surface area contributed by atoms with Crippen LogP contribution in [0.15, 0.2) is 29.2 Å². The molecule has 2 rings (SSSR count). The van der Waals surface area contributed by atoms with Crippen LogP contribution in [0.2, 0.25) is 0 Å². The Bertz CT molecular complexity index is 829. The SMILES string of the molecule is COc1ccc([N+](=O)[O-])cc1S(=O)(=O)Nc1cc(C(C)C)[nH]n1. The second-order valence-electron chi connectivity index (χ2n) is 5.06. The Labute approximate surface area is 132 Å². The highest BCUT2D eigenvalue weighted by atomic mass is 32.2. The zero-order chi connectivity index (χ0) is 17.2. The first-order valence-electron chi connectivity index (χ1n) is 6.65. The lowest BCUT2D eigenvalue weighted by atomic mass is 10.1. The van der Waals surface area contributed by atoms with E-state index in [9.17, 15) is 18.5 Å². The summed E-state index contributed by atoms with van der Waals surface area (Å²) in [6, 6.07) is 4.91. The van der Waals surface area contributed by atoms with E-state index in [0.717, 1.165) is 11.8 Å². The summed E-state index contributed by atoms with van der Waals surface area (Å²) < 4.78 is 32.2. The van der Waals surface area contributed by atoms with Crippen molar-refractivity contribution in [2.24, 2.45) is 0 Å². The molecule has 0 aliphatic carbocycles. The molecule has 1 heterocycles. The average Bonchev–Trinajstić information content (AvgIpc) is 2.94. The molecular weight excluding hydrogens is 324 g/mol. The third-order valence-electron chi connectivity index (χ3n) is 3.11. The minimum atomic E-state index is -4.09.